The number of hydrogen-bond donors (Lipinski definition) is 0. The van der Waals surface area contributed by atoms with Crippen LogP contribution in [0.15, 0.2) is 70.7 Å². The average molecular weight is 520 g/mol. The standard InChI is InChI=1S/C22H16BrF2N3O3S/c23-16-3-1-2-14(4-16)10-28-11-21(22-19(25)6-17(24)7-20(22)28)32(30,31)12-18(29)5-15-8-26-13-27-9-15/h1-4,6-9,11,13H,5,10,12H2. The molecule has 4 aromatic rings. The number of nitrogens with zero attached hydrogens (tertiary/aromatic N) is 3. The molecule has 0 fully saturated rings. The molecule has 164 valence electrons. The zero-order valence-electron chi connectivity index (χ0n) is 16.5. The molecule has 0 bridgehead atoms. The van der Waals surface area contributed by atoms with Crippen LogP contribution in [0.2, 0.25) is 0 Å². The number of Topliss-reactive ketones (excluding diaryl/α,β-unsaturated/α-hetero) is 1. The smallest absolute Gasteiger partial charge is 0.187 e. The highest BCUT2D eigenvalue weighted by atomic mass is 79.9. The summed E-state index contributed by atoms with van der Waals surface area (Å²) in [5.74, 6) is -3.24. The third-order valence-corrected chi connectivity index (χ3v) is 6.98. The Kier molecular flexibility index (Phi) is 6.16. The van der Waals surface area contributed by atoms with Crippen molar-refractivity contribution in [2.24, 2.45) is 0 Å². The summed E-state index contributed by atoms with van der Waals surface area (Å²) in [6.45, 7) is 0.184. The fourth-order valence-electron chi connectivity index (χ4n) is 3.49. The molecule has 10 heteroatoms. The maximum absolute atomic E-state index is 14.7. The largest absolute Gasteiger partial charge is 0.342 e. The van der Waals surface area contributed by atoms with E-state index in [4.69, 9.17) is 0 Å². The molecule has 0 unspecified atom stereocenters. The third-order valence-electron chi connectivity index (χ3n) is 4.81. The van der Waals surface area contributed by atoms with Gasteiger partial charge in [0.05, 0.1) is 15.8 Å². The van der Waals surface area contributed by atoms with E-state index in [-0.39, 0.29) is 28.8 Å². The highest BCUT2D eigenvalue weighted by Crippen LogP contribution is 2.31. The Bertz CT molecular complexity index is 1420. The molecule has 0 N–H and O–H groups in total. The van der Waals surface area contributed by atoms with E-state index in [2.05, 4.69) is 25.9 Å². The Labute approximate surface area is 191 Å². The molecule has 2 aromatic heterocycles. The van der Waals surface area contributed by atoms with Crippen molar-refractivity contribution in [2.75, 3.05) is 5.75 Å². The number of hydrogen-bond acceptors (Lipinski definition) is 5. The van der Waals surface area contributed by atoms with E-state index in [0.717, 1.165) is 16.1 Å². The summed E-state index contributed by atoms with van der Waals surface area (Å²) in [6, 6.07) is 8.98. The number of fused-ring (bicyclic) bond motifs is 1. The lowest BCUT2D eigenvalue weighted by Crippen LogP contribution is -2.18. The van der Waals surface area contributed by atoms with Gasteiger partial charge >= 0.3 is 0 Å². The van der Waals surface area contributed by atoms with E-state index >= 15 is 0 Å². The van der Waals surface area contributed by atoms with Crippen molar-refractivity contribution < 1.29 is 22.0 Å². The van der Waals surface area contributed by atoms with Gasteiger partial charge in [0.2, 0.25) is 0 Å². The molecule has 0 radical (unpaired) electrons. The van der Waals surface area contributed by atoms with E-state index in [1.807, 2.05) is 18.2 Å². The molecule has 4 rings (SSSR count). The number of rotatable bonds is 7. The maximum atomic E-state index is 14.7. The zero-order valence-corrected chi connectivity index (χ0v) is 18.9. The number of carbonyl (C=O) groups is 1. The molecule has 0 atom stereocenters. The number of ketones is 1. The van der Waals surface area contributed by atoms with Gasteiger partial charge in [-0.2, -0.15) is 0 Å². The Balaban J connectivity index is 1.73. The predicted molar refractivity (Wildman–Crippen MR) is 118 cm³/mol. The van der Waals surface area contributed by atoms with Crippen molar-refractivity contribution in [1.29, 1.82) is 0 Å². The van der Waals surface area contributed by atoms with Crippen molar-refractivity contribution in [1.82, 2.24) is 14.5 Å². The average Bonchev–Trinajstić information content (AvgIpc) is 3.08. The predicted octanol–water partition coefficient (Wildman–Crippen LogP) is 4.11. The minimum atomic E-state index is -4.20. The van der Waals surface area contributed by atoms with Crippen LogP contribution >= 0.6 is 15.9 Å². The first-order valence-corrected chi connectivity index (χ1v) is 11.9. The van der Waals surface area contributed by atoms with Gasteiger partial charge in [0.25, 0.3) is 0 Å². The van der Waals surface area contributed by atoms with E-state index < -0.39 is 33.0 Å². The monoisotopic (exact) mass is 519 g/mol. The lowest BCUT2D eigenvalue weighted by Gasteiger charge is -2.06. The second-order valence-corrected chi connectivity index (χ2v) is 10.1. The summed E-state index contributed by atoms with van der Waals surface area (Å²) >= 11 is 3.37. The second-order valence-electron chi connectivity index (χ2n) is 7.25. The fourth-order valence-corrected chi connectivity index (χ4v) is 5.42. The summed E-state index contributed by atoms with van der Waals surface area (Å²) in [7, 11) is -4.20. The lowest BCUT2D eigenvalue weighted by atomic mass is 10.2. The first-order valence-electron chi connectivity index (χ1n) is 9.43. The topological polar surface area (TPSA) is 81.9 Å². The third kappa shape index (κ3) is 4.76. The second kappa shape index (κ2) is 8.87. The van der Waals surface area contributed by atoms with E-state index in [1.165, 1.54) is 29.5 Å². The molecule has 2 aromatic carbocycles. The Hall–Kier alpha value is -2.98. The van der Waals surface area contributed by atoms with Crippen LogP contribution in [-0.4, -0.2) is 34.5 Å². The Morgan fingerprint density at radius 3 is 2.53 bits per heavy atom. The van der Waals surface area contributed by atoms with Crippen LogP contribution in [0, 0.1) is 11.6 Å². The molecule has 2 heterocycles. The van der Waals surface area contributed by atoms with Crippen LogP contribution in [-0.2, 0) is 27.6 Å². The molecule has 0 saturated heterocycles. The van der Waals surface area contributed by atoms with E-state index in [0.29, 0.717) is 11.6 Å². The molecule has 0 aliphatic carbocycles. The lowest BCUT2D eigenvalue weighted by molar-refractivity contribution is -0.116. The maximum Gasteiger partial charge on any atom is 0.187 e. The highest BCUT2D eigenvalue weighted by Gasteiger charge is 2.27. The van der Waals surface area contributed by atoms with Crippen LogP contribution in [0.3, 0.4) is 0 Å². The number of benzene rings is 2. The molecule has 0 aliphatic heterocycles. The zero-order chi connectivity index (χ0) is 22.9. The van der Waals surface area contributed by atoms with Crippen LogP contribution in [0.4, 0.5) is 8.78 Å². The van der Waals surface area contributed by atoms with Crippen LogP contribution in [0.1, 0.15) is 11.1 Å². The van der Waals surface area contributed by atoms with Gasteiger partial charge < -0.3 is 4.57 Å². The summed E-state index contributed by atoms with van der Waals surface area (Å²) in [6.07, 6.45) is 5.22. The summed E-state index contributed by atoms with van der Waals surface area (Å²) in [5.41, 5.74) is 1.35. The molecule has 0 aliphatic rings. The van der Waals surface area contributed by atoms with Gasteiger partial charge in [-0.25, -0.2) is 27.2 Å². The normalized spacial score (nSPS) is 11.7. The highest BCUT2D eigenvalue weighted by molar-refractivity contribution is 9.10. The van der Waals surface area contributed by atoms with Gasteiger partial charge in [-0.05, 0) is 29.3 Å². The van der Waals surface area contributed by atoms with Crippen molar-refractivity contribution in [3.63, 3.8) is 0 Å². The van der Waals surface area contributed by atoms with Crippen molar-refractivity contribution in [3.8, 4) is 0 Å². The summed E-state index contributed by atoms with van der Waals surface area (Å²) in [4.78, 5) is 19.7. The molecule has 32 heavy (non-hydrogen) atoms. The molecular formula is C22H16BrF2N3O3S. The first kappa shape index (κ1) is 22.2. The molecular weight excluding hydrogens is 504 g/mol. The Morgan fingerprint density at radius 2 is 1.81 bits per heavy atom. The van der Waals surface area contributed by atoms with Crippen LogP contribution < -0.4 is 0 Å². The molecule has 0 amide bonds. The van der Waals surface area contributed by atoms with Crippen LogP contribution in [0.25, 0.3) is 10.9 Å². The number of carbonyl (C=O) groups excluding carboxylic acids is 1. The van der Waals surface area contributed by atoms with Gasteiger partial charge in [-0.15, -0.1) is 0 Å². The molecule has 0 saturated carbocycles. The molecule has 0 spiro atoms. The van der Waals surface area contributed by atoms with E-state index in [1.54, 1.807) is 6.07 Å². The summed E-state index contributed by atoms with van der Waals surface area (Å²) in [5, 5.41) is -0.239. The van der Waals surface area contributed by atoms with Crippen LogP contribution in [0.5, 0.6) is 0 Å². The van der Waals surface area contributed by atoms with Gasteiger partial charge in [0, 0.05) is 42.1 Å². The van der Waals surface area contributed by atoms with Gasteiger partial charge in [0.15, 0.2) is 15.6 Å². The first-order chi connectivity index (χ1) is 15.2. The number of halogens is 3. The minimum absolute atomic E-state index is 0.0879. The minimum Gasteiger partial charge on any atom is -0.342 e. The van der Waals surface area contributed by atoms with E-state index in [9.17, 15) is 22.0 Å². The van der Waals surface area contributed by atoms with Crippen molar-refractivity contribution in [2.45, 2.75) is 17.9 Å². The number of sulfone groups is 1. The van der Waals surface area contributed by atoms with Crippen molar-refractivity contribution in [3.05, 3.63) is 88.6 Å². The fraction of sp³-hybridized carbons (Fsp3) is 0.136. The van der Waals surface area contributed by atoms with Gasteiger partial charge in [-0.3, -0.25) is 4.79 Å². The van der Waals surface area contributed by atoms with Crippen molar-refractivity contribution >= 4 is 42.5 Å². The summed E-state index contributed by atoms with van der Waals surface area (Å²) < 4.78 is 57.1. The van der Waals surface area contributed by atoms with Gasteiger partial charge in [0.1, 0.15) is 23.7 Å². The molecule has 6 nitrogen and oxygen atoms in total. The quantitative estimate of drug-likeness (QED) is 0.367. The Morgan fingerprint density at radius 1 is 1.06 bits per heavy atom. The SMILES string of the molecule is O=C(Cc1cncnc1)CS(=O)(=O)c1cn(Cc2cccc(Br)c2)c2cc(F)cc(F)c12. The van der Waals surface area contributed by atoms with Gasteiger partial charge in [-0.1, -0.05) is 28.1 Å². The number of aromatic nitrogens is 3.